The minimum Gasteiger partial charge on any atom is -0.449 e. The van der Waals surface area contributed by atoms with Crippen molar-refractivity contribution in [3.63, 3.8) is 0 Å². The Morgan fingerprint density at radius 1 is 0.644 bits per heavy atom. The molecule has 0 aliphatic heterocycles. The molecule has 1 aliphatic rings. The van der Waals surface area contributed by atoms with Crippen LogP contribution in [-0.2, 0) is 24.7 Å². The minimum absolute atomic E-state index is 0.0418. The van der Waals surface area contributed by atoms with Crippen LogP contribution in [0.3, 0.4) is 0 Å². The summed E-state index contributed by atoms with van der Waals surface area (Å²) in [5.41, 5.74) is 10.5. The summed E-state index contributed by atoms with van der Waals surface area (Å²) in [6.07, 6.45) is -1.33. The molecular formula is C38H32N2O5. The summed E-state index contributed by atoms with van der Waals surface area (Å²) in [7, 11) is 0. The maximum absolute atomic E-state index is 14.0. The summed E-state index contributed by atoms with van der Waals surface area (Å²) in [6.45, 7) is 0.0418. The molecule has 0 unspecified atom stereocenters. The Balaban J connectivity index is 1.28. The molecule has 7 heteroatoms. The van der Waals surface area contributed by atoms with Crippen LogP contribution in [0.4, 0.5) is 4.79 Å². The molecule has 7 nitrogen and oxygen atoms in total. The van der Waals surface area contributed by atoms with Gasteiger partial charge in [-0.05, 0) is 22.3 Å². The lowest BCUT2D eigenvalue weighted by Gasteiger charge is -2.36. The predicted molar refractivity (Wildman–Crippen MR) is 171 cm³/mol. The number of hydrogen-bond donors (Lipinski definition) is 2. The monoisotopic (exact) mass is 596 g/mol. The second-order valence-corrected chi connectivity index (χ2v) is 10.9. The smallest absolute Gasteiger partial charge is 0.407 e. The summed E-state index contributed by atoms with van der Waals surface area (Å²) >= 11 is 0. The van der Waals surface area contributed by atoms with Crippen molar-refractivity contribution in [2.75, 3.05) is 6.61 Å². The Hall–Kier alpha value is -5.69. The van der Waals surface area contributed by atoms with Crippen LogP contribution < -0.4 is 11.1 Å². The maximum Gasteiger partial charge on any atom is 0.407 e. The van der Waals surface area contributed by atoms with Crippen LogP contribution >= 0.6 is 0 Å². The lowest BCUT2D eigenvalue weighted by Crippen LogP contribution is -2.48. The Morgan fingerprint density at radius 3 is 1.51 bits per heavy atom. The number of hydrogen-bond acceptors (Lipinski definition) is 5. The summed E-state index contributed by atoms with van der Waals surface area (Å²) in [5.74, 6) is -1.79. The van der Waals surface area contributed by atoms with E-state index in [1.807, 2.05) is 140 Å². The molecule has 0 saturated carbocycles. The third kappa shape index (κ3) is 5.93. The number of nitrogens with two attached hydrogens (primary N) is 1. The molecule has 224 valence electrons. The normalized spacial score (nSPS) is 12.8. The fourth-order valence-electron chi connectivity index (χ4n) is 6.09. The first-order valence-electron chi connectivity index (χ1n) is 14.8. The van der Waals surface area contributed by atoms with E-state index in [9.17, 15) is 14.4 Å². The van der Waals surface area contributed by atoms with Gasteiger partial charge >= 0.3 is 12.1 Å². The van der Waals surface area contributed by atoms with Gasteiger partial charge in [-0.1, -0.05) is 140 Å². The molecule has 0 spiro atoms. The number of ether oxygens (including phenoxy) is 2. The molecule has 3 N–H and O–H groups in total. The fourth-order valence-corrected chi connectivity index (χ4v) is 6.09. The highest BCUT2D eigenvalue weighted by Crippen LogP contribution is 2.44. The summed E-state index contributed by atoms with van der Waals surface area (Å²) < 4.78 is 12.1. The van der Waals surface area contributed by atoms with Crippen molar-refractivity contribution < 1.29 is 23.9 Å². The van der Waals surface area contributed by atoms with Crippen molar-refractivity contribution in [3.8, 4) is 11.1 Å². The van der Waals surface area contributed by atoms with Gasteiger partial charge in [0.2, 0.25) is 5.91 Å². The number of alkyl carbamates (subject to hydrolysis) is 1. The zero-order valence-corrected chi connectivity index (χ0v) is 24.5. The van der Waals surface area contributed by atoms with E-state index >= 15 is 0 Å². The van der Waals surface area contributed by atoms with E-state index in [1.165, 1.54) is 0 Å². The molecule has 0 heterocycles. The highest BCUT2D eigenvalue weighted by atomic mass is 16.6. The number of carbonyl (C=O) groups excluding carboxylic acids is 3. The maximum atomic E-state index is 14.0. The van der Waals surface area contributed by atoms with Crippen molar-refractivity contribution in [2.45, 2.75) is 24.0 Å². The first-order valence-corrected chi connectivity index (χ1v) is 14.8. The van der Waals surface area contributed by atoms with Crippen LogP contribution in [0.1, 0.15) is 40.2 Å². The third-order valence-electron chi connectivity index (χ3n) is 8.12. The topological polar surface area (TPSA) is 108 Å². The zero-order chi connectivity index (χ0) is 31.2. The van der Waals surface area contributed by atoms with E-state index in [4.69, 9.17) is 15.2 Å². The number of rotatable bonds is 10. The van der Waals surface area contributed by atoms with E-state index in [-0.39, 0.29) is 12.5 Å². The molecule has 0 aromatic heterocycles. The summed E-state index contributed by atoms with van der Waals surface area (Å²) in [5, 5.41) is 2.56. The first kappa shape index (κ1) is 29.4. The average Bonchev–Trinajstić information content (AvgIpc) is 3.40. The molecule has 2 amide bonds. The van der Waals surface area contributed by atoms with Crippen LogP contribution in [0, 0.1) is 0 Å². The van der Waals surface area contributed by atoms with Crippen molar-refractivity contribution in [2.24, 2.45) is 5.73 Å². The van der Waals surface area contributed by atoms with Crippen molar-refractivity contribution >= 4 is 18.0 Å². The van der Waals surface area contributed by atoms with E-state index < -0.39 is 36.0 Å². The van der Waals surface area contributed by atoms with Crippen LogP contribution in [0.15, 0.2) is 140 Å². The van der Waals surface area contributed by atoms with Gasteiger partial charge < -0.3 is 20.5 Å². The number of nitrogens with one attached hydrogen (secondary N) is 1. The summed E-state index contributed by atoms with van der Waals surface area (Å²) in [4.78, 5) is 39.4. The second-order valence-electron chi connectivity index (χ2n) is 10.9. The molecular weight excluding hydrogens is 564 g/mol. The third-order valence-corrected chi connectivity index (χ3v) is 8.12. The van der Waals surface area contributed by atoms with E-state index in [0.29, 0.717) is 16.7 Å². The molecule has 1 atom stereocenters. The average molecular weight is 597 g/mol. The predicted octanol–water partition coefficient (Wildman–Crippen LogP) is 6.30. The Morgan fingerprint density at radius 2 is 1.07 bits per heavy atom. The SMILES string of the molecule is NC(=O)C[C@H](NC(=O)OCC1c2ccccc2-c2ccccc21)C(=O)OC(c1ccccc1)(c1ccccc1)c1ccccc1. The number of primary amides is 1. The molecule has 5 aromatic carbocycles. The molecule has 45 heavy (non-hydrogen) atoms. The second kappa shape index (κ2) is 12.9. The van der Waals surface area contributed by atoms with Gasteiger partial charge in [0.15, 0.2) is 5.60 Å². The van der Waals surface area contributed by atoms with Gasteiger partial charge in [-0.3, -0.25) is 4.79 Å². The van der Waals surface area contributed by atoms with Crippen molar-refractivity contribution in [3.05, 3.63) is 167 Å². The van der Waals surface area contributed by atoms with E-state index in [0.717, 1.165) is 22.3 Å². The number of esters is 1. The summed E-state index contributed by atoms with van der Waals surface area (Å²) in [6, 6.07) is 42.6. The Bertz CT molecular complexity index is 1670. The Kier molecular flexibility index (Phi) is 8.42. The first-order chi connectivity index (χ1) is 22.0. The highest BCUT2D eigenvalue weighted by molar-refractivity contribution is 5.88. The zero-order valence-electron chi connectivity index (χ0n) is 24.5. The van der Waals surface area contributed by atoms with Crippen LogP contribution in [0.25, 0.3) is 11.1 Å². The van der Waals surface area contributed by atoms with E-state index in [1.54, 1.807) is 0 Å². The van der Waals surface area contributed by atoms with Crippen LogP contribution in [-0.4, -0.2) is 30.6 Å². The number of benzene rings is 5. The number of carbonyl (C=O) groups is 3. The van der Waals surface area contributed by atoms with Gasteiger partial charge in [0.05, 0.1) is 6.42 Å². The van der Waals surface area contributed by atoms with Crippen LogP contribution in [0.2, 0.25) is 0 Å². The Labute approximate surface area is 261 Å². The van der Waals surface area contributed by atoms with Gasteiger partial charge in [0, 0.05) is 22.6 Å². The van der Waals surface area contributed by atoms with Gasteiger partial charge in [-0.25, -0.2) is 9.59 Å². The molecule has 0 bridgehead atoms. The van der Waals surface area contributed by atoms with Crippen molar-refractivity contribution in [1.82, 2.24) is 5.32 Å². The quantitative estimate of drug-likeness (QED) is 0.145. The van der Waals surface area contributed by atoms with Gasteiger partial charge in [0.1, 0.15) is 12.6 Å². The highest BCUT2D eigenvalue weighted by Gasteiger charge is 2.42. The number of amides is 2. The van der Waals surface area contributed by atoms with Gasteiger partial charge in [-0.2, -0.15) is 0 Å². The lowest BCUT2D eigenvalue weighted by molar-refractivity contribution is -0.157. The minimum atomic E-state index is -1.39. The van der Waals surface area contributed by atoms with Crippen LogP contribution in [0.5, 0.6) is 0 Å². The van der Waals surface area contributed by atoms with Crippen molar-refractivity contribution in [1.29, 1.82) is 0 Å². The molecule has 1 aliphatic carbocycles. The molecule has 0 fully saturated rings. The molecule has 6 rings (SSSR count). The largest absolute Gasteiger partial charge is 0.449 e. The number of fused-ring (bicyclic) bond motifs is 3. The molecule has 5 aromatic rings. The van der Waals surface area contributed by atoms with Gasteiger partial charge in [-0.15, -0.1) is 0 Å². The molecule has 0 radical (unpaired) electrons. The molecule has 0 saturated heterocycles. The van der Waals surface area contributed by atoms with E-state index in [2.05, 4.69) is 5.32 Å². The lowest BCUT2D eigenvalue weighted by atomic mass is 9.80. The standard InChI is InChI=1S/C38H32N2O5/c39-35(41)24-34(40-37(43)44-25-33-31-22-12-10-20-29(31)30-21-11-13-23-32(30)33)36(42)45-38(26-14-4-1-5-15-26,27-16-6-2-7-17-27)28-18-8-3-9-19-28/h1-23,33-34H,24-25H2,(H2,39,41)(H,40,43)/t34-/m0/s1. The van der Waals surface area contributed by atoms with Gasteiger partial charge in [0.25, 0.3) is 0 Å². The fraction of sp³-hybridized carbons (Fsp3) is 0.132.